The van der Waals surface area contributed by atoms with Crippen LogP contribution in [0.15, 0.2) is 18.2 Å². The van der Waals surface area contributed by atoms with Crippen molar-refractivity contribution in [1.82, 2.24) is 5.32 Å². The van der Waals surface area contributed by atoms with E-state index in [0.717, 1.165) is 38.5 Å². The van der Waals surface area contributed by atoms with E-state index in [9.17, 15) is 4.79 Å². The van der Waals surface area contributed by atoms with Crippen LogP contribution < -0.4 is 19.9 Å². The Hall–Kier alpha value is -1.59. The van der Waals surface area contributed by atoms with Crippen LogP contribution in [0.25, 0.3) is 0 Å². The lowest BCUT2D eigenvalue weighted by molar-refractivity contribution is -1.02. The van der Waals surface area contributed by atoms with Crippen molar-refractivity contribution in [3.63, 3.8) is 0 Å². The highest BCUT2D eigenvalue weighted by Crippen LogP contribution is 2.18. The number of aryl methyl sites for hydroxylation is 1. The van der Waals surface area contributed by atoms with E-state index in [1.807, 2.05) is 13.8 Å². The molecule has 5 nitrogen and oxygen atoms in total. The van der Waals surface area contributed by atoms with Gasteiger partial charge in [-0.25, -0.2) is 0 Å². The second-order valence-corrected chi connectivity index (χ2v) is 6.52. The topological polar surface area (TPSA) is 47.2 Å². The molecule has 5 heteroatoms. The van der Waals surface area contributed by atoms with Crippen molar-refractivity contribution in [2.75, 3.05) is 39.8 Å². The van der Waals surface area contributed by atoms with Crippen LogP contribution in [-0.4, -0.2) is 51.8 Å². The maximum atomic E-state index is 12.0. The van der Waals surface area contributed by atoms with Crippen molar-refractivity contribution in [2.24, 2.45) is 0 Å². The Labute approximate surface area is 139 Å². The molecule has 1 amide bonds. The van der Waals surface area contributed by atoms with Crippen LogP contribution in [0.4, 0.5) is 0 Å². The van der Waals surface area contributed by atoms with Crippen LogP contribution in [-0.2, 0) is 11.3 Å². The van der Waals surface area contributed by atoms with Gasteiger partial charge < -0.3 is 19.9 Å². The molecule has 23 heavy (non-hydrogen) atoms. The molecule has 1 heterocycles. The second kappa shape index (κ2) is 8.31. The molecular weight excluding hydrogens is 290 g/mol. The fourth-order valence-corrected chi connectivity index (χ4v) is 3.36. The third-order valence-electron chi connectivity index (χ3n) is 4.83. The van der Waals surface area contributed by atoms with Gasteiger partial charge in [-0.3, -0.25) is 4.79 Å². The first-order valence-electron chi connectivity index (χ1n) is 8.64. The number of rotatable bonds is 6. The van der Waals surface area contributed by atoms with E-state index in [2.05, 4.69) is 30.4 Å². The Morgan fingerprint density at radius 1 is 1.30 bits per heavy atom. The van der Waals surface area contributed by atoms with Gasteiger partial charge in [-0.05, 0) is 32.9 Å². The van der Waals surface area contributed by atoms with E-state index in [0.29, 0.717) is 6.54 Å². The third kappa shape index (κ3) is 4.69. The Morgan fingerprint density at radius 3 is 2.61 bits per heavy atom. The van der Waals surface area contributed by atoms with E-state index < -0.39 is 0 Å². The standard InChI is InChI=1S/C18H29N3O2/c1-5-19-18(22)15(3)21-10-8-20(9-11-21)13-16-12-14(2)6-7-17(16)23-4/h6-7,12,15H,5,8-11,13H2,1-4H3,(H,19,22)/p+2/t15-/m0/s1. The maximum absolute atomic E-state index is 12.0. The summed E-state index contributed by atoms with van der Waals surface area (Å²) in [4.78, 5) is 14.9. The van der Waals surface area contributed by atoms with Crippen LogP contribution >= 0.6 is 0 Å². The van der Waals surface area contributed by atoms with E-state index in [1.54, 1.807) is 12.0 Å². The van der Waals surface area contributed by atoms with E-state index >= 15 is 0 Å². The SMILES string of the molecule is CCNC(=O)[C@H](C)[NH+]1CC[NH+](Cc2cc(C)ccc2OC)CC1. The number of hydrogen-bond acceptors (Lipinski definition) is 2. The Bertz CT molecular complexity index is 525. The summed E-state index contributed by atoms with van der Waals surface area (Å²) in [6.45, 7) is 12.1. The largest absolute Gasteiger partial charge is 0.496 e. The smallest absolute Gasteiger partial charge is 0.278 e. The Balaban J connectivity index is 1.90. The average molecular weight is 321 g/mol. The molecule has 2 rings (SSSR count). The number of ether oxygens (including phenoxy) is 1. The average Bonchev–Trinajstić information content (AvgIpc) is 2.55. The zero-order valence-electron chi connectivity index (χ0n) is 14.9. The first kappa shape index (κ1) is 17.8. The minimum Gasteiger partial charge on any atom is -0.496 e. The molecular formula is C18H31N3O2+2. The molecule has 0 spiro atoms. The van der Waals surface area contributed by atoms with Crippen LogP contribution in [0.2, 0.25) is 0 Å². The van der Waals surface area contributed by atoms with Crippen molar-refractivity contribution in [3.05, 3.63) is 29.3 Å². The number of nitrogens with one attached hydrogen (secondary N) is 3. The molecule has 0 saturated carbocycles. The van der Waals surface area contributed by atoms with E-state index in [4.69, 9.17) is 4.74 Å². The highest BCUT2D eigenvalue weighted by atomic mass is 16.5. The predicted octanol–water partition coefficient (Wildman–Crippen LogP) is -1.19. The number of benzene rings is 1. The van der Waals surface area contributed by atoms with Crippen molar-refractivity contribution >= 4 is 5.91 Å². The first-order valence-corrected chi connectivity index (χ1v) is 8.64. The molecule has 1 saturated heterocycles. The Kier molecular flexibility index (Phi) is 6.42. The zero-order valence-corrected chi connectivity index (χ0v) is 14.9. The first-order chi connectivity index (χ1) is 11.0. The van der Waals surface area contributed by atoms with Gasteiger partial charge in [0.1, 0.15) is 38.5 Å². The summed E-state index contributed by atoms with van der Waals surface area (Å²) >= 11 is 0. The van der Waals surface area contributed by atoms with Crippen LogP contribution in [0.1, 0.15) is 25.0 Å². The van der Waals surface area contributed by atoms with E-state index in [-0.39, 0.29) is 11.9 Å². The number of amides is 1. The molecule has 1 atom stereocenters. The predicted molar refractivity (Wildman–Crippen MR) is 91.0 cm³/mol. The summed E-state index contributed by atoms with van der Waals surface area (Å²) in [6.07, 6.45) is 0. The molecule has 0 aromatic heterocycles. The number of likely N-dealkylation sites (N-methyl/N-ethyl adjacent to an activating group) is 1. The lowest BCUT2D eigenvalue weighted by Gasteiger charge is -2.32. The monoisotopic (exact) mass is 321 g/mol. The van der Waals surface area contributed by atoms with Gasteiger partial charge in [0, 0.05) is 12.1 Å². The van der Waals surface area contributed by atoms with Crippen molar-refractivity contribution < 1.29 is 19.3 Å². The molecule has 3 N–H and O–H groups in total. The fraction of sp³-hybridized carbons (Fsp3) is 0.611. The summed E-state index contributed by atoms with van der Waals surface area (Å²) < 4.78 is 5.49. The summed E-state index contributed by atoms with van der Waals surface area (Å²) in [6, 6.07) is 6.42. The summed E-state index contributed by atoms with van der Waals surface area (Å²) in [5.74, 6) is 1.15. The maximum Gasteiger partial charge on any atom is 0.278 e. The van der Waals surface area contributed by atoms with Gasteiger partial charge in [0.05, 0.1) is 7.11 Å². The molecule has 1 aromatic carbocycles. The molecule has 128 valence electrons. The number of piperazine rings is 1. The second-order valence-electron chi connectivity index (χ2n) is 6.52. The fourth-order valence-electron chi connectivity index (χ4n) is 3.36. The van der Waals surface area contributed by atoms with Gasteiger partial charge in [-0.2, -0.15) is 0 Å². The quantitative estimate of drug-likeness (QED) is 0.617. The van der Waals surface area contributed by atoms with Crippen LogP contribution in [0.3, 0.4) is 0 Å². The van der Waals surface area contributed by atoms with Gasteiger partial charge in [-0.1, -0.05) is 11.6 Å². The van der Waals surface area contributed by atoms with Gasteiger partial charge in [0.15, 0.2) is 6.04 Å². The summed E-state index contributed by atoms with van der Waals surface area (Å²) in [5, 5.41) is 2.93. The van der Waals surface area contributed by atoms with Crippen LogP contribution in [0.5, 0.6) is 5.75 Å². The van der Waals surface area contributed by atoms with Gasteiger partial charge in [-0.15, -0.1) is 0 Å². The third-order valence-corrected chi connectivity index (χ3v) is 4.83. The minimum atomic E-state index is 0.0463. The number of methoxy groups -OCH3 is 1. The molecule has 1 fully saturated rings. The van der Waals surface area contributed by atoms with Gasteiger partial charge in [0.2, 0.25) is 0 Å². The number of quaternary nitrogens is 2. The number of carbonyl (C=O) groups is 1. The molecule has 1 aromatic rings. The normalized spacial score (nSPS) is 22.4. The minimum absolute atomic E-state index is 0.0463. The van der Waals surface area contributed by atoms with Gasteiger partial charge in [0.25, 0.3) is 5.91 Å². The lowest BCUT2D eigenvalue weighted by Crippen LogP contribution is -3.29. The van der Waals surface area contributed by atoms with E-state index in [1.165, 1.54) is 16.0 Å². The lowest BCUT2D eigenvalue weighted by atomic mass is 10.1. The highest BCUT2D eigenvalue weighted by Gasteiger charge is 2.30. The number of hydrogen-bond donors (Lipinski definition) is 3. The van der Waals surface area contributed by atoms with Crippen molar-refractivity contribution in [2.45, 2.75) is 33.4 Å². The van der Waals surface area contributed by atoms with Gasteiger partial charge >= 0.3 is 0 Å². The van der Waals surface area contributed by atoms with Crippen molar-refractivity contribution in [3.8, 4) is 5.75 Å². The molecule has 0 radical (unpaired) electrons. The van der Waals surface area contributed by atoms with Crippen LogP contribution in [0, 0.1) is 6.92 Å². The molecule has 1 aliphatic rings. The summed E-state index contributed by atoms with van der Waals surface area (Å²) in [7, 11) is 1.74. The zero-order chi connectivity index (χ0) is 16.8. The molecule has 0 bridgehead atoms. The number of carbonyl (C=O) groups excluding carboxylic acids is 1. The summed E-state index contributed by atoms with van der Waals surface area (Å²) in [5.41, 5.74) is 2.55. The molecule has 0 aliphatic carbocycles. The highest BCUT2D eigenvalue weighted by molar-refractivity contribution is 5.79. The van der Waals surface area contributed by atoms with Crippen molar-refractivity contribution in [1.29, 1.82) is 0 Å². The molecule has 1 aliphatic heterocycles. The molecule has 0 unspecified atom stereocenters. The Morgan fingerprint density at radius 2 is 2.00 bits per heavy atom.